The average Bonchev–Trinajstić information content (AvgIpc) is 2.94. The molecule has 204 valence electrons. The largest absolute Gasteiger partial charge is 0.494 e. The van der Waals surface area contributed by atoms with Crippen molar-refractivity contribution in [1.29, 1.82) is 0 Å². The molecule has 38 heavy (non-hydrogen) atoms. The summed E-state index contributed by atoms with van der Waals surface area (Å²) in [6.07, 6.45) is 7.56. The first-order chi connectivity index (χ1) is 18.5. The van der Waals surface area contributed by atoms with Crippen molar-refractivity contribution in [3.8, 4) is 17.2 Å². The van der Waals surface area contributed by atoms with E-state index < -0.39 is 17.9 Å². The van der Waals surface area contributed by atoms with Gasteiger partial charge in [0.2, 0.25) is 0 Å². The van der Waals surface area contributed by atoms with Crippen LogP contribution in [-0.4, -0.2) is 58.6 Å². The molecular formula is C29H34O9. The minimum atomic E-state index is -0.544. The molecule has 0 unspecified atom stereocenters. The monoisotopic (exact) mass is 526 g/mol. The number of carbonyl (C=O) groups excluding carboxylic acids is 3. The zero-order chi connectivity index (χ0) is 27.6. The van der Waals surface area contributed by atoms with E-state index in [2.05, 4.69) is 6.58 Å². The Morgan fingerprint density at radius 1 is 0.789 bits per heavy atom. The maximum Gasteiger partial charge on any atom is 0.343 e. The Morgan fingerprint density at radius 3 is 2.18 bits per heavy atom. The smallest absolute Gasteiger partial charge is 0.343 e. The van der Waals surface area contributed by atoms with Crippen LogP contribution in [0.4, 0.5) is 0 Å². The van der Waals surface area contributed by atoms with Crippen LogP contribution >= 0.6 is 0 Å². The molecule has 0 amide bonds. The Labute approximate surface area is 222 Å². The van der Waals surface area contributed by atoms with E-state index in [1.807, 2.05) is 0 Å². The van der Waals surface area contributed by atoms with Crippen LogP contribution in [0.2, 0.25) is 0 Å². The van der Waals surface area contributed by atoms with E-state index in [1.54, 1.807) is 48.5 Å². The lowest BCUT2D eigenvalue weighted by Gasteiger charge is -2.11. The molecule has 0 N–H and O–H groups in total. The van der Waals surface area contributed by atoms with Gasteiger partial charge in [0.25, 0.3) is 0 Å². The normalized spacial score (nSPS) is 10.6. The fourth-order valence-electron chi connectivity index (χ4n) is 3.14. The van der Waals surface area contributed by atoms with E-state index in [-0.39, 0.29) is 12.4 Å². The molecule has 0 saturated carbocycles. The van der Waals surface area contributed by atoms with Gasteiger partial charge < -0.3 is 28.4 Å². The molecular weight excluding hydrogens is 492 g/mol. The Hall–Kier alpha value is -4.11. The SMILES string of the molecule is C=CC(=O)OCCCCCCOc1ccc(C(=O)Oc2ccc(/C=C/C(=O)OCCOC)cc2OC)cc1. The molecule has 0 saturated heterocycles. The van der Waals surface area contributed by atoms with Gasteiger partial charge in [-0.1, -0.05) is 12.6 Å². The number of rotatable bonds is 17. The van der Waals surface area contributed by atoms with Crippen molar-refractivity contribution in [1.82, 2.24) is 0 Å². The Morgan fingerprint density at radius 2 is 1.50 bits per heavy atom. The van der Waals surface area contributed by atoms with Gasteiger partial charge in [0, 0.05) is 19.3 Å². The van der Waals surface area contributed by atoms with Crippen molar-refractivity contribution in [3.63, 3.8) is 0 Å². The lowest BCUT2D eigenvalue weighted by molar-refractivity contribution is -0.139. The van der Waals surface area contributed by atoms with Crippen LogP contribution in [0.15, 0.2) is 61.2 Å². The van der Waals surface area contributed by atoms with Gasteiger partial charge in [-0.2, -0.15) is 0 Å². The van der Waals surface area contributed by atoms with Crippen LogP contribution in [0.5, 0.6) is 17.2 Å². The van der Waals surface area contributed by atoms with Crippen molar-refractivity contribution in [3.05, 3.63) is 72.3 Å². The van der Waals surface area contributed by atoms with Gasteiger partial charge in [-0.25, -0.2) is 14.4 Å². The second-order valence-electron chi connectivity index (χ2n) is 7.95. The number of hydrogen-bond acceptors (Lipinski definition) is 9. The van der Waals surface area contributed by atoms with Gasteiger partial charge >= 0.3 is 17.9 Å². The third-order valence-corrected chi connectivity index (χ3v) is 5.14. The van der Waals surface area contributed by atoms with Crippen LogP contribution in [0.1, 0.15) is 41.6 Å². The second-order valence-corrected chi connectivity index (χ2v) is 7.95. The van der Waals surface area contributed by atoms with Gasteiger partial charge in [0.15, 0.2) is 11.5 Å². The van der Waals surface area contributed by atoms with Crippen molar-refractivity contribution < 1.29 is 42.8 Å². The molecule has 0 radical (unpaired) electrons. The van der Waals surface area contributed by atoms with Crippen molar-refractivity contribution in [2.75, 3.05) is 40.6 Å². The lowest BCUT2D eigenvalue weighted by Crippen LogP contribution is -2.09. The molecule has 0 heterocycles. The summed E-state index contributed by atoms with van der Waals surface area (Å²) in [7, 11) is 2.98. The molecule has 0 bridgehead atoms. The number of ether oxygens (including phenoxy) is 6. The first-order valence-corrected chi connectivity index (χ1v) is 12.2. The second kappa shape index (κ2) is 17.4. The number of carbonyl (C=O) groups is 3. The van der Waals surface area contributed by atoms with E-state index in [1.165, 1.54) is 20.3 Å². The fourth-order valence-corrected chi connectivity index (χ4v) is 3.14. The molecule has 9 heteroatoms. The number of hydrogen-bond donors (Lipinski definition) is 0. The summed E-state index contributed by atoms with van der Waals surface area (Å²) in [5.41, 5.74) is 1.03. The summed E-state index contributed by atoms with van der Waals surface area (Å²) < 4.78 is 31.3. The molecule has 0 aliphatic carbocycles. The minimum Gasteiger partial charge on any atom is -0.494 e. The van der Waals surface area contributed by atoms with Gasteiger partial charge in [-0.05, 0) is 73.7 Å². The Kier molecular flexibility index (Phi) is 13.8. The molecule has 0 aliphatic rings. The summed E-state index contributed by atoms with van der Waals surface area (Å²) in [6.45, 7) is 4.78. The standard InChI is InChI=1S/C29H34O9/c1-4-27(30)36-18-8-6-5-7-17-35-24-13-11-23(12-14-24)29(32)38-25-15-9-22(21-26(25)34-3)10-16-28(31)37-20-19-33-2/h4,9-16,21H,1,5-8,17-20H2,2-3H3/b16-10+. The van der Waals surface area contributed by atoms with Gasteiger partial charge in [-0.15, -0.1) is 0 Å². The zero-order valence-electron chi connectivity index (χ0n) is 21.8. The fraction of sp³-hybridized carbons (Fsp3) is 0.345. The average molecular weight is 527 g/mol. The molecule has 2 aromatic rings. The molecule has 0 aromatic heterocycles. The topological polar surface area (TPSA) is 107 Å². The lowest BCUT2D eigenvalue weighted by atomic mass is 10.2. The summed E-state index contributed by atoms with van der Waals surface area (Å²) in [4.78, 5) is 35.3. The third kappa shape index (κ3) is 11.3. The van der Waals surface area contributed by atoms with Crippen LogP contribution in [0.25, 0.3) is 6.08 Å². The van der Waals surface area contributed by atoms with E-state index >= 15 is 0 Å². The Bertz CT molecular complexity index is 1070. The first kappa shape index (κ1) is 30.1. The molecule has 0 aliphatic heterocycles. The van der Waals surface area contributed by atoms with Crippen LogP contribution < -0.4 is 14.2 Å². The number of benzene rings is 2. The Balaban J connectivity index is 1.79. The van der Waals surface area contributed by atoms with Crippen LogP contribution in [0, 0.1) is 0 Å². The van der Waals surface area contributed by atoms with E-state index in [0.717, 1.165) is 31.8 Å². The number of esters is 3. The maximum absolute atomic E-state index is 12.6. The van der Waals surface area contributed by atoms with E-state index in [0.29, 0.717) is 42.4 Å². The molecule has 2 rings (SSSR count). The summed E-state index contributed by atoms with van der Waals surface area (Å²) >= 11 is 0. The van der Waals surface area contributed by atoms with Crippen molar-refractivity contribution in [2.24, 2.45) is 0 Å². The van der Waals surface area contributed by atoms with E-state index in [4.69, 9.17) is 28.4 Å². The zero-order valence-corrected chi connectivity index (χ0v) is 21.8. The minimum absolute atomic E-state index is 0.170. The highest BCUT2D eigenvalue weighted by molar-refractivity contribution is 5.91. The van der Waals surface area contributed by atoms with Gasteiger partial charge in [-0.3, -0.25) is 0 Å². The molecule has 0 atom stereocenters. The third-order valence-electron chi connectivity index (χ3n) is 5.14. The molecule has 2 aromatic carbocycles. The predicted octanol–water partition coefficient (Wildman–Crippen LogP) is 4.79. The highest BCUT2D eigenvalue weighted by atomic mass is 16.6. The van der Waals surface area contributed by atoms with Crippen molar-refractivity contribution >= 4 is 24.0 Å². The number of methoxy groups -OCH3 is 2. The van der Waals surface area contributed by atoms with Crippen molar-refractivity contribution in [2.45, 2.75) is 25.7 Å². The molecule has 9 nitrogen and oxygen atoms in total. The predicted molar refractivity (Wildman–Crippen MR) is 141 cm³/mol. The van der Waals surface area contributed by atoms with Crippen LogP contribution in [0.3, 0.4) is 0 Å². The first-order valence-electron chi connectivity index (χ1n) is 12.2. The quantitative estimate of drug-likeness (QED) is 0.124. The summed E-state index contributed by atoms with van der Waals surface area (Å²) in [5, 5.41) is 0. The van der Waals surface area contributed by atoms with Crippen LogP contribution in [-0.2, 0) is 23.8 Å². The van der Waals surface area contributed by atoms with E-state index in [9.17, 15) is 14.4 Å². The summed E-state index contributed by atoms with van der Waals surface area (Å²) in [6, 6.07) is 11.6. The van der Waals surface area contributed by atoms with Gasteiger partial charge in [0.05, 0.1) is 32.5 Å². The molecule has 0 fully saturated rings. The highest BCUT2D eigenvalue weighted by Gasteiger charge is 2.13. The van der Waals surface area contributed by atoms with Gasteiger partial charge in [0.1, 0.15) is 12.4 Å². The number of unbranched alkanes of at least 4 members (excludes halogenated alkanes) is 3. The maximum atomic E-state index is 12.6. The summed E-state index contributed by atoms with van der Waals surface area (Å²) in [5.74, 6) is -0.204. The highest BCUT2D eigenvalue weighted by Crippen LogP contribution is 2.29. The molecule has 0 spiro atoms.